The van der Waals surface area contributed by atoms with E-state index >= 15 is 0 Å². The number of nitrogens with zero attached hydrogens (tertiary/aromatic N) is 6. The predicted molar refractivity (Wildman–Crippen MR) is 130 cm³/mol. The van der Waals surface area contributed by atoms with Gasteiger partial charge in [-0.05, 0) is 24.2 Å². The third kappa shape index (κ3) is 3.83. The van der Waals surface area contributed by atoms with Gasteiger partial charge in [-0.25, -0.2) is 19.9 Å². The van der Waals surface area contributed by atoms with Crippen LogP contribution in [0.2, 0.25) is 5.02 Å². The zero-order chi connectivity index (χ0) is 23.2. The van der Waals surface area contributed by atoms with Crippen LogP contribution in [0.4, 0.5) is 5.82 Å². The van der Waals surface area contributed by atoms with Crippen LogP contribution in [-0.2, 0) is 11.2 Å². The van der Waals surface area contributed by atoms with E-state index in [0.717, 1.165) is 41.3 Å². The van der Waals surface area contributed by atoms with Crippen molar-refractivity contribution in [1.29, 1.82) is 0 Å². The van der Waals surface area contributed by atoms with Crippen molar-refractivity contribution in [2.75, 3.05) is 31.1 Å². The molecule has 4 aromatic rings. The molecule has 2 aliphatic heterocycles. The number of hydrogen-bond donors (Lipinski definition) is 3. The van der Waals surface area contributed by atoms with Gasteiger partial charge < -0.3 is 20.5 Å². The maximum Gasteiger partial charge on any atom is 0.226 e. The van der Waals surface area contributed by atoms with E-state index < -0.39 is 0 Å². The fourth-order valence-electron chi connectivity index (χ4n) is 4.12. The lowest BCUT2D eigenvalue weighted by Gasteiger charge is -2.41. The molecule has 0 bridgehead atoms. The van der Waals surface area contributed by atoms with Crippen molar-refractivity contribution in [2.45, 2.75) is 29.4 Å². The number of nitrogens with one attached hydrogen (secondary N) is 3. The smallest absolute Gasteiger partial charge is 0.226 e. The Balaban J connectivity index is 1.29. The number of pyridine rings is 1. The molecule has 0 aromatic carbocycles. The lowest BCUT2D eigenvalue weighted by Crippen LogP contribution is -2.62. The minimum Gasteiger partial charge on any atom is -0.352 e. The second-order valence-corrected chi connectivity index (χ2v) is 9.88. The van der Waals surface area contributed by atoms with Crippen molar-refractivity contribution in [3.8, 4) is 0 Å². The molecule has 10 nitrogen and oxygen atoms in total. The lowest BCUT2D eigenvalue weighted by atomic mass is 10.0. The van der Waals surface area contributed by atoms with Crippen LogP contribution in [0.5, 0.6) is 0 Å². The van der Waals surface area contributed by atoms with Crippen LogP contribution in [-0.4, -0.2) is 68.0 Å². The number of carbonyl (C=O) groups is 1. The number of anilines is 1. The zero-order valence-electron chi connectivity index (χ0n) is 18.4. The van der Waals surface area contributed by atoms with Crippen LogP contribution < -0.4 is 15.5 Å². The van der Waals surface area contributed by atoms with Crippen LogP contribution in [0.25, 0.3) is 22.2 Å². The van der Waals surface area contributed by atoms with E-state index in [9.17, 15) is 4.79 Å². The number of amides is 1. The summed E-state index contributed by atoms with van der Waals surface area (Å²) >= 11 is 8.12. The third-order valence-corrected chi connectivity index (χ3v) is 7.41. The largest absolute Gasteiger partial charge is 0.352 e. The van der Waals surface area contributed by atoms with Crippen LogP contribution >= 0.6 is 23.4 Å². The van der Waals surface area contributed by atoms with E-state index in [1.165, 1.54) is 11.8 Å². The van der Waals surface area contributed by atoms with Gasteiger partial charge in [-0.1, -0.05) is 18.5 Å². The van der Waals surface area contributed by atoms with Crippen molar-refractivity contribution in [2.24, 2.45) is 5.92 Å². The summed E-state index contributed by atoms with van der Waals surface area (Å²) in [5.41, 5.74) is 2.95. The number of H-pyrrole nitrogens is 1. The van der Waals surface area contributed by atoms with Gasteiger partial charge in [0.2, 0.25) is 5.91 Å². The molecule has 12 heteroatoms. The van der Waals surface area contributed by atoms with E-state index in [2.05, 4.69) is 35.5 Å². The van der Waals surface area contributed by atoms with E-state index in [-0.39, 0.29) is 17.9 Å². The summed E-state index contributed by atoms with van der Waals surface area (Å²) in [5, 5.41) is 8.33. The molecule has 6 rings (SSSR count). The first-order chi connectivity index (χ1) is 16.6. The Morgan fingerprint density at radius 1 is 1.24 bits per heavy atom. The van der Waals surface area contributed by atoms with Crippen molar-refractivity contribution in [3.05, 3.63) is 35.4 Å². The molecule has 0 saturated carbocycles. The first kappa shape index (κ1) is 21.5. The molecule has 2 fully saturated rings. The standard InChI is InChI=1S/C22H22ClN9OS/c1-2-14-17(23)16-19(29-14)30-22(34-13-5-15-18(27-8-13)26-4-3-25-15)31-20(16)32-9-12(10-32)28-21(33)11-6-24-7-11/h3-5,8,11-12,24H,2,6-7,9-10H2,1H3,(H,28,33)(H,29,30,31). The lowest BCUT2D eigenvalue weighted by molar-refractivity contribution is -0.127. The Bertz CT molecular complexity index is 1400. The maximum absolute atomic E-state index is 12.3. The van der Waals surface area contributed by atoms with Crippen LogP contribution in [0, 0.1) is 5.92 Å². The Morgan fingerprint density at radius 2 is 2.06 bits per heavy atom. The summed E-state index contributed by atoms with van der Waals surface area (Å²) in [6.07, 6.45) is 5.78. The molecule has 4 aromatic heterocycles. The Morgan fingerprint density at radius 3 is 2.82 bits per heavy atom. The topological polar surface area (TPSA) is 125 Å². The summed E-state index contributed by atoms with van der Waals surface area (Å²) in [6, 6.07) is 2.03. The minimum absolute atomic E-state index is 0.0780. The summed E-state index contributed by atoms with van der Waals surface area (Å²) in [5.74, 6) is 0.972. The second-order valence-electron chi connectivity index (χ2n) is 8.46. The van der Waals surface area contributed by atoms with Gasteiger partial charge in [-0.3, -0.25) is 9.78 Å². The van der Waals surface area contributed by atoms with Crippen LogP contribution in [0.3, 0.4) is 0 Å². The van der Waals surface area contributed by atoms with E-state index in [1.807, 2.05) is 13.0 Å². The summed E-state index contributed by atoms with van der Waals surface area (Å²) in [7, 11) is 0. The fraction of sp³-hybridized carbons (Fsp3) is 0.364. The first-order valence-corrected chi connectivity index (χ1v) is 12.4. The molecule has 0 unspecified atom stereocenters. The van der Waals surface area contributed by atoms with Crippen molar-refractivity contribution in [3.63, 3.8) is 0 Å². The van der Waals surface area contributed by atoms with Gasteiger partial charge in [0.05, 0.1) is 22.4 Å². The van der Waals surface area contributed by atoms with E-state index in [0.29, 0.717) is 40.1 Å². The molecular formula is C22H22ClN9OS. The molecule has 0 aliphatic carbocycles. The molecule has 34 heavy (non-hydrogen) atoms. The average Bonchev–Trinajstić information content (AvgIpc) is 3.10. The molecule has 0 radical (unpaired) electrons. The fourth-order valence-corrected chi connectivity index (χ4v) is 5.24. The van der Waals surface area contributed by atoms with Gasteiger partial charge in [-0.2, -0.15) is 0 Å². The number of halogens is 1. The zero-order valence-corrected chi connectivity index (χ0v) is 19.9. The number of aromatic amines is 1. The maximum atomic E-state index is 12.3. The molecule has 6 heterocycles. The van der Waals surface area contributed by atoms with Gasteiger partial charge in [0.15, 0.2) is 10.8 Å². The number of aromatic nitrogens is 6. The van der Waals surface area contributed by atoms with Crippen molar-refractivity contribution >= 4 is 57.3 Å². The molecule has 0 spiro atoms. The van der Waals surface area contributed by atoms with Gasteiger partial charge >= 0.3 is 0 Å². The quantitative estimate of drug-likeness (QED) is 0.345. The molecule has 2 aliphatic rings. The number of rotatable bonds is 6. The van der Waals surface area contributed by atoms with E-state index in [4.69, 9.17) is 21.6 Å². The van der Waals surface area contributed by atoms with Crippen LogP contribution in [0.15, 0.2) is 34.7 Å². The highest BCUT2D eigenvalue weighted by Crippen LogP contribution is 2.38. The molecule has 174 valence electrons. The van der Waals surface area contributed by atoms with Crippen LogP contribution in [0.1, 0.15) is 12.6 Å². The molecule has 2 saturated heterocycles. The highest BCUT2D eigenvalue weighted by molar-refractivity contribution is 7.99. The summed E-state index contributed by atoms with van der Waals surface area (Å²) in [6.45, 7) is 4.91. The Labute approximate surface area is 204 Å². The van der Waals surface area contributed by atoms with Gasteiger partial charge in [0.25, 0.3) is 0 Å². The number of fused-ring (bicyclic) bond motifs is 2. The average molecular weight is 496 g/mol. The van der Waals surface area contributed by atoms with Crippen molar-refractivity contribution in [1.82, 2.24) is 40.5 Å². The molecule has 1 amide bonds. The first-order valence-electron chi connectivity index (χ1n) is 11.2. The predicted octanol–water partition coefficient (Wildman–Crippen LogP) is 2.19. The van der Waals surface area contributed by atoms with E-state index in [1.54, 1.807) is 18.6 Å². The van der Waals surface area contributed by atoms with Gasteiger partial charge in [0.1, 0.15) is 17.0 Å². The Hall–Kier alpha value is -3.02. The monoisotopic (exact) mass is 495 g/mol. The second kappa shape index (κ2) is 8.64. The van der Waals surface area contributed by atoms with Gasteiger partial charge in [0, 0.05) is 55.4 Å². The SMILES string of the molecule is CCc1[nH]c2nc(Sc3cnc4nccnc4c3)nc(N3CC(NC(=O)C4CNC4)C3)c2c1Cl. The summed E-state index contributed by atoms with van der Waals surface area (Å²) < 4.78 is 0. The van der Waals surface area contributed by atoms with Crippen molar-refractivity contribution < 1.29 is 4.79 Å². The summed E-state index contributed by atoms with van der Waals surface area (Å²) in [4.78, 5) is 41.2. The normalized spacial score (nSPS) is 16.6. The number of aryl methyl sites for hydroxylation is 1. The molecular weight excluding hydrogens is 474 g/mol. The van der Waals surface area contributed by atoms with Gasteiger partial charge in [-0.15, -0.1) is 0 Å². The number of carbonyl (C=O) groups excluding carboxylic acids is 1. The highest BCUT2D eigenvalue weighted by atomic mass is 35.5. The Kier molecular flexibility index (Phi) is 5.47. The third-order valence-electron chi connectivity index (χ3n) is 6.16. The highest BCUT2D eigenvalue weighted by Gasteiger charge is 2.34. The number of hydrogen-bond acceptors (Lipinski definition) is 9. The molecule has 3 N–H and O–H groups in total. The molecule has 0 atom stereocenters. The minimum atomic E-state index is 0.0780.